The second-order valence-electron chi connectivity index (χ2n) is 7.56. The maximum atomic E-state index is 11.4. The van der Waals surface area contributed by atoms with Crippen LogP contribution in [-0.4, -0.2) is 87.3 Å². The number of piperidine rings is 1. The third kappa shape index (κ3) is 9.77. The third-order valence-corrected chi connectivity index (χ3v) is 4.47. The van der Waals surface area contributed by atoms with Crippen LogP contribution in [-0.2, 0) is 19.1 Å². The molecule has 0 saturated carbocycles. The molecule has 0 bridgehead atoms. The summed E-state index contributed by atoms with van der Waals surface area (Å²) in [7, 11) is 1.49. The molecule has 7 heteroatoms. The van der Waals surface area contributed by atoms with Gasteiger partial charge in [-0.3, -0.25) is 14.5 Å². The lowest BCUT2D eigenvalue weighted by Gasteiger charge is -2.33. The van der Waals surface area contributed by atoms with Gasteiger partial charge >= 0.3 is 5.97 Å². The van der Waals surface area contributed by atoms with Crippen LogP contribution < -0.4 is 5.32 Å². The second kappa shape index (κ2) is 11.4. The topological polar surface area (TPSA) is 71.1 Å². The summed E-state index contributed by atoms with van der Waals surface area (Å²) in [4.78, 5) is 26.0. The van der Waals surface area contributed by atoms with Gasteiger partial charge in [0.05, 0.1) is 13.0 Å². The van der Waals surface area contributed by atoms with E-state index in [0.717, 1.165) is 52.1 Å². The number of likely N-dealkylation sites (tertiary alicyclic amines) is 1. The molecule has 0 aromatic carbocycles. The zero-order valence-electron chi connectivity index (χ0n) is 16.3. The van der Waals surface area contributed by atoms with Gasteiger partial charge in [-0.15, -0.1) is 0 Å². The van der Waals surface area contributed by atoms with E-state index >= 15 is 0 Å². The number of carbonyl (C=O) groups excluding carboxylic acids is 2. The molecular weight excluding hydrogens is 322 g/mol. The number of hydrogen-bond acceptors (Lipinski definition) is 7. The van der Waals surface area contributed by atoms with Crippen molar-refractivity contribution in [3.8, 4) is 0 Å². The lowest BCUT2D eigenvalue weighted by atomic mass is 9.97. The molecule has 0 radical (unpaired) electrons. The number of piperazine rings is 1. The van der Waals surface area contributed by atoms with Crippen LogP contribution in [0.15, 0.2) is 0 Å². The fourth-order valence-corrected chi connectivity index (χ4v) is 2.92. The average molecular weight is 357 g/mol. The highest BCUT2D eigenvalue weighted by Crippen LogP contribution is 2.18. The van der Waals surface area contributed by atoms with Crippen LogP contribution in [0.25, 0.3) is 0 Å². The molecule has 7 nitrogen and oxygen atoms in total. The van der Waals surface area contributed by atoms with Crippen LogP contribution in [0.4, 0.5) is 0 Å². The minimum Gasteiger partial charge on any atom is -0.469 e. The fourth-order valence-electron chi connectivity index (χ4n) is 2.92. The molecule has 0 spiro atoms. The Morgan fingerprint density at radius 2 is 1.60 bits per heavy atom. The number of methoxy groups -OCH3 is 1. The maximum absolute atomic E-state index is 11.4. The molecule has 2 rings (SSSR count). The van der Waals surface area contributed by atoms with E-state index in [9.17, 15) is 9.59 Å². The summed E-state index contributed by atoms with van der Waals surface area (Å²) in [6.07, 6.45) is 1.91. The van der Waals surface area contributed by atoms with Gasteiger partial charge in [0.2, 0.25) is 0 Å². The number of esters is 1. The number of rotatable bonds is 5. The molecule has 25 heavy (non-hydrogen) atoms. The summed E-state index contributed by atoms with van der Waals surface area (Å²) in [5, 5.41) is 3.37. The summed E-state index contributed by atoms with van der Waals surface area (Å²) in [5.41, 5.74) is -0.318. The second-order valence-corrected chi connectivity index (χ2v) is 7.56. The Balaban J connectivity index is 0.000000381. The zero-order chi connectivity index (χ0) is 18.7. The molecule has 0 atom stereocenters. The van der Waals surface area contributed by atoms with E-state index in [4.69, 9.17) is 4.74 Å². The SMILES string of the molecule is CC(C)(C)OC=O.COC(=O)C1CCN(CCN2CCNCC2)CC1. The largest absolute Gasteiger partial charge is 0.469 e. The molecule has 0 amide bonds. The molecule has 0 aromatic heterocycles. The van der Waals surface area contributed by atoms with Crippen molar-refractivity contribution in [2.45, 2.75) is 39.2 Å². The van der Waals surface area contributed by atoms with Crippen molar-refractivity contribution in [2.75, 3.05) is 59.5 Å². The lowest BCUT2D eigenvalue weighted by molar-refractivity contribution is -0.147. The molecule has 0 aromatic rings. The van der Waals surface area contributed by atoms with Crippen molar-refractivity contribution in [1.29, 1.82) is 0 Å². The van der Waals surface area contributed by atoms with Gasteiger partial charge in [0.1, 0.15) is 5.60 Å². The predicted octanol–water partition coefficient (Wildman–Crippen LogP) is 0.735. The van der Waals surface area contributed by atoms with Crippen LogP contribution in [0.1, 0.15) is 33.6 Å². The molecule has 2 fully saturated rings. The summed E-state index contributed by atoms with van der Waals surface area (Å²) >= 11 is 0. The lowest BCUT2D eigenvalue weighted by Crippen LogP contribution is -2.47. The molecule has 2 aliphatic heterocycles. The molecule has 2 aliphatic rings. The number of carbonyl (C=O) groups is 2. The minimum atomic E-state index is -0.318. The van der Waals surface area contributed by atoms with Crippen molar-refractivity contribution in [2.24, 2.45) is 5.92 Å². The highest BCUT2D eigenvalue weighted by atomic mass is 16.5. The van der Waals surface area contributed by atoms with Gasteiger partial charge < -0.3 is 19.7 Å². The summed E-state index contributed by atoms with van der Waals surface area (Å²) in [5.74, 6) is 0.0993. The Morgan fingerprint density at radius 3 is 2.00 bits per heavy atom. The molecule has 2 saturated heterocycles. The first kappa shape index (κ1) is 21.9. The standard InChI is InChI=1S/C13H25N3O2.C5H10O2/c1-18-13(17)12-2-6-15(7-3-12)10-11-16-8-4-14-5-9-16;1-5(2,3)7-4-6/h12,14H,2-11H2,1H3;4H,1-3H3. The van der Waals surface area contributed by atoms with Gasteiger partial charge in [-0.2, -0.15) is 0 Å². The van der Waals surface area contributed by atoms with E-state index in [1.54, 1.807) is 0 Å². The van der Waals surface area contributed by atoms with Crippen molar-refractivity contribution in [1.82, 2.24) is 15.1 Å². The van der Waals surface area contributed by atoms with Crippen molar-refractivity contribution in [3.63, 3.8) is 0 Å². The monoisotopic (exact) mass is 357 g/mol. The van der Waals surface area contributed by atoms with Crippen LogP contribution in [0.5, 0.6) is 0 Å². The molecule has 1 N–H and O–H groups in total. The Hall–Kier alpha value is -1.18. The smallest absolute Gasteiger partial charge is 0.308 e. The number of nitrogens with one attached hydrogen (secondary N) is 1. The summed E-state index contributed by atoms with van der Waals surface area (Å²) < 4.78 is 9.36. The molecular formula is C18H35N3O4. The van der Waals surface area contributed by atoms with Gasteiger partial charge in [0.25, 0.3) is 6.47 Å². The summed E-state index contributed by atoms with van der Waals surface area (Å²) in [6, 6.07) is 0. The number of hydrogen-bond donors (Lipinski definition) is 1. The Morgan fingerprint density at radius 1 is 1.08 bits per heavy atom. The third-order valence-electron chi connectivity index (χ3n) is 4.47. The Labute approximate surface area is 152 Å². The van der Waals surface area contributed by atoms with Crippen LogP contribution in [0.3, 0.4) is 0 Å². The van der Waals surface area contributed by atoms with E-state index in [2.05, 4.69) is 19.9 Å². The fraction of sp³-hybridized carbons (Fsp3) is 0.889. The Kier molecular flexibility index (Phi) is 10.0. The van der Waals surface area contributed by atoms with Crippen molar-refractivity contribution in [3.05, 3.63) is 0 Å². The van der Waals surface area contributed by atoms with E-state index in [1.165, 1.54) is 20.2 Å². The van der Waals surface area contributed by atoms with Crippen LogP contribution in [0, 0.1) is 5.92 Å². The van der Waals surface area contributed by atoms with E-state index < -0.39 is 0 Å². The normalized spacial score (nSPS) is 20.3. The average Bonchev–Trinajstić information content (AvgIpc) is 2.60. The summed E-state index contributed by atoms with van der Waals surface area (Å²) in [6.45, 7) is 14.8. The van der Waals surface area contributed by atoms with E-state index in [1.807, 2.05) is 20.8 Å². The predicted molar refractivity (Wildman–Crippen MR) is 97.4 cm³/mol. The van der Waals surface area contributed by atoms with Gasteiger partial charge in [0.15, 0.2) is 0 Å². The van der Waals surface area contributed by atoms with Gasteiger partial charge in [-0.05, 0) is 46.7 Å². The van der Waals surface area contributed by atoms with E-state index in [-0.39, 0.29) is 17.5 Å². The van der Waals surface area contributed by atoms with Crippen LogP contribution >= 0.6 is 0 Å². The van der Waals surface area contributed by atoms with E-state index in [0.29, 0.717) is 6.47 Å². The Bertz CT molecular complexity index is 384. The maximum Gasteiger partial charge on any atom is 0.308 e. The minimum absolute atomic E-state index is 0.0308. The first-order valence-corrected chi connectivity index (χ1v) is 9.20. The van der Waals surface area contributed by atoms with Gasteiger partial charge in [-0.25, -0.2) is 0 Å². The zero-order valence-corrected chi connectivity index (χ0v) is 16.3. The number of ether oxygens (including phenoxy) is 2. The van der Waals surface area contributed by atoms with Crippen LogP contribution in [0.2, 0.25) is 0 Å². The van der Waals surface area contributed by atoms with Gasteiger partial charge in [-0.1, -0.05) is 0 Å². The molecule has 146 valence electrons. The first-order valence-electron chi connectivity index (χ1n) is 9.20. The molecule has 0 unspecified atom stereocenters. The van der Waals surface area contributed by atoms with Crippen molar-refractivity contribution < 1.29 is 19.1 Å². The molecule has 0 aliphatic carbocycles. The van der Waals surface area contributed by atoms with Gasteiger partial charge in [0, 0.05) is 39.3 Å². The number of nitrogens with zero attached hydrogens (tertiary/aromatic N) is 2. The highest BCUT2D eigenvalue weighted by Gasteiger charge is 2.25. The quantitative estimate of drug-likeness (QED) is 0.575. The van der Waals surface area contributed by atoms with Crippen molar-refractivity contribution >= 4 is 12.4 Å². The highest BCUT2D eigenvalue weighted by molar-refractivity contribution is 5.72. The first-order chi connectivity index (χ1) is 11.9. The molecule has 2 heterocycles.